The lowest BCUT2D eigenvalue weighted by molar-refractivity contribution is -0.120. The van der Waals surface area contributed by atoms with Crippen LogP contribution in [0.3, 0.4) is 0 Å². The second kappa shape index (κ2) is 5.78. The van der Waals surface area contributed by atoms with Gasteiger partial charge in [0.05, 0.1) is 12.5 Å². The zero-order valence-electron chi connectivity index (χ0n) is 12.0. The number of ether oxygens (including phenoxy) is 1. The van der Waals surface area contributed by atoms with E-state index >= 15 is 0 Å². The van der Waals surface area contributed by atoms with Crippen molar-refractivity contribution in [2.75, 3.05) is 12.4 Å². The molecule has 0 unspecified atom stereocenters. The van der Waals surface area contributed by atoms with Gasteiger partial charge in [0, 0.05) is 5.69 Å². The van der Waals surface area contributed by atoms with E-state index in [1.807, 2.05) is 68.4 Å². The summed E-state index contributed by atoms with van der Waals surface area (Å²) in [6.45, 7) is 3.82. The topological polar surface area (TPSA) is 38.3 Å². The zero-order chi connectivity index (χ0) is 14.6. The molecular weight excluding hydrogens is 250 g/mol. The van der Waals surface area contributed by atoms with Crippen LogP contribution in [-0.4, -0.2) is 13.0 Å². The van der Waals surface area contributed by atoms with E-state index in [0.29, 0.717) is 0 Å². The van der Waals surface area contributed by atoms with Crippen LogP contribution < -0.4 is 10.1 Å². The molecule has 2 aromatic carbocycles. The molecule has 0 heterocycles. The molecule has 0 saturated carbocycles. The van der Waals surface area contributed by atoms with E-state index in [-0.39, 0.29) is 5.91 Å². The predicted molar refractivity (Wildman–Crippen MR) is 81.1 cm³/mol. The van der Waals surface area contributed by atoms with Gasteiger partial charge >= 0.3 is 0 Å². The summed E-state index contributed by atoms with van der Waals surface area (Å²) in [6, 6.07) is 17.0. The van der Waals surface area contributed by atoms with Gasteiger partial charge in [0.15, 0.2) is 0 Å². The summed E-state index contributed by atoms with van der Waals surface area (Å²) in [5.41, 5.74) is 1.15. The van der Waals surface area contributed by atoms with Crippen LogP contribution in [0.5, 0.6) is 5.75 Å². The minimum Gasteiger partial charge on any atom is -0.497 e. The molecule has 0 fully saturated rings. The van der Waals surface area contributed by atoms with Crippen LogP contribution >= 0.6 is 0 Å². The van der Waals surface area contributed by atoms with E-state index in [9.17, 15) is 4.79 Å². The Morgan fingerprint density at radius 2 is 1.60 bits per heavy atom. The van der Waals surface area contributed by atoms with Crippen molar-refractivity contribution in [2.45, 2.75) is 19.3 Å². The second-order valence-electron chi connectivity index (χ2n) is 5.17. The van der Waals surface area contributed by atoms with Gasteiger partial charge < -0.3 is 10.1 Å². The van der Waals surface area contributed by atoms with E-state index in [1.54, 1.807) is 7.11 Å². The average Bonchev–Trinajstić information content (AvgIpc) is 2.48. The normalized spacial score (nSPS) is 10.9. The highest BCUT2D eigenvalue weighted by molar-refractivity contribution is 5.98. The number of rotatable bonds is 4. The smallest absolute Gasteiger partial charge is 0.234 e. The summed E-state index contributed by atoms with van der Waals surface area (Å²) in [7, 11) is 1.63. The highest BCUT2D eigenvalue weighted by Crippen LogP contribution is 2.26. The van der Waals surface area contributed by atoms with Crippen molar-refractivity contribution in [3.63, 3.8) is 0 Å². The Kier molecular flexibility index (Phi) is 4.08. The summed E-state index contributed by atoms with van der Waals surface area (Å²) in [5, 5.41) is 2.94. The Bertz CT molecular complexity index is 574. The number of hydrogen-bond acceptors (Lipinski definition) is 2. The Balaban J connectivity index is 2.18. The van der Waals surface area contributed by atoms with Crippen LogP contribution in [0, 0.1) is 0 Å². The number of hydrogen-bond donors (Lipinski definition) is 1. The van der Waals surface area contributed by atoms with Gasteiger partial charge in [-0.2, -0.15) is 0 Å². The number of amides is 1. The van der Waals surface area contributed by atoms with Gasteiger partial charge in [-0.25, -0.2) is 0 Å². The highest BCUT2D eigenvalue weighted by atomic mass is 16.5. The van der Waals surface area contributed by atoms with Gasteiger partial charge in [-0.1, -0.05) is 30.3 Å². The largest absolute Gasteiger partial charge is 0.497 e. The van der Waals surface area contributed by atoms with Gasteiger partial charge in [0.1, 0.15) is 5.75 Å². The van der Waals surface area contributed by atoms with Crippen molar-refractivity contribution in [3.05, 3.63) is 60.2 Å². The van der Waals surface area contributed by atoms with Crippen molar-refractivity contribution >= 4 is 11.6 Å². The minimum atomic E-state index is -0.609. The number of carbonyl (C=O) groups excluding carboxylic acids is 1. The van der Waals surface area contributed by atoms with Gasteiger partial charge in [0.25, 0.3) is 0 Å². The monoisotopic (exact) mass is 269 g/mol. The molecule has 2 aromatic rings. The number of anilines is 1. The van der Waals surface area contributed by atoms with E-state index in [2.05, 4.69) is 5.32 Å². The maximum Gasteiger partial charge on any atom is 0.234 e. The fourth-order valence-electron chi connectivity index (χ4n) is 1.95. The van der Waals surface area contributed by atoms with E-state index in [1.165, 1.54) is 0 Å². The summed E-state index contributed by atoms with van der Waals surface area (Å²) in [5.74, 6) is 0.752. The van der Waals surface area contributed by atoms with Crippen LogP contribution in [0.4, 0.5) is 5.69 Å². The molecule has 1 amide bonds. The number of methoxy groups -OCH3 is 1. The number of para-hydroxylation sites is 1. The molecule has 3 heteroatoms. The summed E-state index contributed by atoms with van der Waals surface area (Å²) in [6.07, 6.45) is 0. The van der Waals surface area contributed by atoms with Crippen LogP contribution in [0.2, 0.25) is 0 Å². The molecule has 0 aliphatic carbocycles. The minimum absolute atomic E-state index is 0.0335. The molecule has 0 aliphatic rings. The molecule has 0 spiro atoms. The fraction of sp³-hybridized carbons (Fsp3) is 0.235. The summed E-state index contributed by atoms with van der Waals surface area (Å²) >= 11 is 0. The Morgan fingerprint density at radius 1 is 1.00 bits per heavy atom. The standard InChI is InChI=1S/C17H19NO2/c1-17(2,13-9-11-15(20-3)12-10-13)16(19)18-14-7-5-4-6-8-14/h4-12H,1-3H3,(H,18,19). The van der Waals surface area contributed by atoms with Crippen LogP contribution in [-0.2, 0) is 10.2 Å². The van der Waals surface area contributed by atoms with Crippen molar-refractivity contribution in [2.24, 2.45) is 0 Å². The Morgan fingerprint density at radius 3 is 2.15 bits per heavy atom. The Hall–Kier alpha value is -2.29. The van der Waals surface area contributed by atoms with Crippen molar-refractivity contribution in [1.29, 1.82) is 0 Å². The third kappa shape index (κ3) is 2.99. The first kappa shape index (κ1) is 14.1. The molecular formula is C17H19NO2. The predicted octanol–water partition coefficient (Wildman–Crippen LogP) is 3.61. The summed E-state index contributed by atoms with van der Waals surface area (Å²) < 4.78 is 5.14. The molecule has 1 N–H and O–H groups in total. The average molecular weight is 269 g/mol. The lowest BCUT2D eigenvalue weighted by atomic mass is 9.83. The van der Waals surface area contributed by atoms with Crippen molar-refractivity contribution in [3.8, 4) is 5.75 Å². The third-order valence-electron chi connectivity index (χ3n) is 3.41. The fourth-order valence-corrected chi connectivity index (χ4v) is 1.95. The lowest BCUT2D eigenvalue weighted by Crippen LogP contribution is -2.34. The van der Waals surface area contributed by atoms with Crippen LogP contribution in [0.1, 0.15) is 19.4 Å². The quantitative estimate of drug-likeness (QED) is 0.920. The number of benzene rings is 2. The first-order chi connectivity index (χ1) is 9.54. The molecule has 3 nitrogen and oxygen atoms in total. The molecule has 0 radical (unpaired) electrons. The van der Waals surface area contributed by atoms with Gasteiger partial charge in [0.2, 0.25) is 5.91 Å². The summed E-state index contributed by atoms with van der Waals surface area (Å²) in [4.78, 5) is 12.4. The molecule has 2 rings (SSSR count). The maximum atomic E-state index is 12.4. The van der Waals surface area contributed by atoms with E-state index in [0.717, 1.165) is 17.0 Å². The SMILES string of the molecule is COc1ccc(C(C)(C)C(=O)Nc2ccccc2)cc1. The third-order valence-corrected chi connectivity index (χ3v) is 3.41. The molecule has 0 saturated heterocycles. The molecule has 20 heavy (non-hydrogen) atoms. The first-order valence-electron chi connectivity index (χ1n) is 6.55. The second-order valence-corrected chi connectivity index (χ2v) is 5.17. The van der Waals surface area contributed by atoms with Gasteiger partial charge in [-0.15, -0.1) is 0 Å². The maximum absolute atomic E-state index is 12.4. The number of nitrogens with one attached hydrogen (secondary N) is 1. The van der Waals surface area contributed by atoms with E-state index in [4.69, 9.17) is 4.74 Å². The van der Waals surface area contributed by atoms with Crippen molar-refractivity contribution in [1.82, 2.24) is 0 Å². The first-order valence-corrected chi connectivity index (χ1v) is 6.55. The zero-order valence-corrected chi connectivity index (χ0v) is 12.0. The molecule has 104 valence electrons. The molecule has 0 bridgehead atoms. The van der Waals surface area contributed by atoms with E-state index < -0.39 is 5.41 Å². The molecule has 0 atom stereocenters. The van der Waals surface area contributed by atoms with Crippen LogP contribution in [0.15, 0.2) is 54.6 Å². The molecule has 0 aliphatic heterocycles. The van der Waals surface area contributed by atoms with Gasteiger partial charge in [-0.05, 0) is 43.7 Å². The highest BCUT2D eigenvalue weighted by Gasteiger charge is 2.29. The van der Waals surface area contributed by atoms with Crippen LogP contribution in [0.25, 0.3) is 0 Å². The Labute approximate surface area is 119 Å². The molecule has 0 aromatic heterocycles. The van der Waals surface area contributed by atoms with Gasteiger partial charge in [-0.3, -0.25) is 4.79 Å². The van der Waals surface area contributed by atoms with Crippen molar-refractivity contribution < 1.29 is 9.53 Å². The number of carbonyl (C=O) groups is 1. The lowest BCUT2D eigenvalue weighted by Gasteiger charge is -2.24.